The lowest BCUT2D eigenvalue weighted by Crippen LogP contribution is -2.05. The van der Waals surface area contributed by atoms with E-state index in [1.807, 2.05) is 23.9 Å². The van der Waals surface area contributed by atoms with Gasteiger partial charge < -0.3 is 5.73 Å². The van der Waals surface area contributed by atoms with Gasteiger partial charge in [0.25, 0.3) is 0 Å². The van der Waals surface area contributed by atoms with E-state index >= 15 is 0 Å². The molecule has 4 nitrogen and oxygen atoms in total. The molecule has 1 aromatic heterocycles. The summed E-state index contributed by atoms with van der Waals surface area (Å²) < 4.78 is 1.81. The van der Waals surface area contributed by atoms with Gasteiger partial charge in [-0.15, -0.1) is 5.10 Å². The quantitative estimate of drug-likeness (QED) is 0.848. The highest BCUT2D eigenvalue weighted by atomic mass is 15.4. The van der Waals surface area contributed by atoms with Gasteiger partial charge in [0.1, 0.15) is 0 Å². The third-order valence-corrected chi connectivity index (χ3v) is 2.45. The number of nitrogens with zero attached hydrogens (tertiary/aromatic N) is 3. The highest BCUT2D eigenvalue weighted by Gasteiger charge is 2.05. The highest BCUT2D eigenvalue weighted by Crippen LogP contribution is 2.08. The van der Waals surface area contributed by atoms with Crippen LogP contribution in [0.2, 0.25) is 0 Å². The second kappa shape index (κ2) is 4.45. The van der Waals surface area contributed by atoms with Gasteiger partial charge in [0.2, 0.25) is 0 Å². The van der Waals surface area contributed by atoms with Gasteiger partial charge in [-0.25, -0.2) is 4.68 Å². The van der Waals surface area contributed by atoms with E-state index in [9.17, 15) is 0 Å². The summed E-state index contributed by atoms with van der Waals surface area (Å²) in [6.07, 6.45) is 1.90. The molecule has 16 heavy (non-hydrogen) atoms. The molecule has 1 heterocycles. The Hall–Kier alpha value is -1.68. The van der Waals surface area contributed by atoms with Crippen molar-refractivity contribution >= 4 is 0 Å². The van der Waals surface area contributed by atoms with E-state index in [1.54, 1.807) is 0 Å². The molecule has 4 heteroatoms. The van der Waals surface area contributed by atoms with E-state index in [4.69, 9.17) is 5.73 Å². The summed E-state index contributed by atoms with van der Waals surface area (Å²) in [4.78, 5) is 0. The molecule has 0 aliphatic heterocycles. The molecule has 2 aromatic rings. The van der Waals surface area contributed by atoms with Gasteiger partial charge in [-0.1, -0.05) is 35.0 Å². The molecule has 0 saturated carbocycles. The van der Waals surface area contributed by atoms with Gasteiger partial charge in [0.15, 0.2) is 0 Å². The number of hydrogen-bond donors (Lipinski definition) is 1. The largest absolute Gasteiger partial charge is 0.323 e. The predicted octanol–water partition coefficient (Wildman–Crippen LogP) is 1.65. The Balaban J connectivity index is 2.14. The topological polar surface area (TPSA) is 56.7 Å². The fraction of sp³-hybridized carbons (Fsp3) is 0.333. The van der Waals surface area contributed by atoms with Gasteiger partial charge in [-0.05, 0) is 19.4 Å². The third kappa shape index (κ3) is 2.46. The Morgan fingerprint density at radius 2 is 2.25 bits per heavy atom. The number of nitrogens with two attached hydrogens (primary N) is 1. The Morgan fingerprint density at radius 3 is 2.88 bits per heavy atom. The van der Waals surface area contributed by atoms with Crippen LogP contribution in [0, 0.1) is 6.92 Å². The molecule has 0 spiro atoms. The van der Waals surface area contributed by atoms with E-state index in [0.29, 0.717) is 0 Å². The lowest BCUT2D eigenvalue weighted by Gasteiger charge is -2.02. The van der Waals surface area contributed by atoms with Gasteiger partial charge in [-0.2, -0.15) is 0 Å². The summed E-state index contributed by atoms with van der Waals surface area (Å²) >= 11 is 0. The van der Waals surface area contributed by atoms with E-state index in [0.717, 1.165) is 12.2 Å². The molecule has 0 aliphatic carbocycles. The van der Waals surface area contributed by atoms with Crippen LogP contribution in [0.5, 0.6) is 0 Å². The molecule has 84 valence electrons. The summed E-state index contributed by atoms with van der Waals surface area (Å²) in [7, 11) is 0. The SMILES string of the molecule is Cc1cccc(Cn2cc(C(C)N)nn2)c1. The lowest BCUT2D eigenvalue weighted by atomic mass is 10.1. The smallest absolute Gasteiger partial charge is 0.0991 e. The zero-order chi connectivity index (χ0) is 11.5. The first-order chi connectivity index (χ1) is 7.65. The monoisotopic (exact) mass is 216 g/mol. The van der Waals surface area contributed by atoms with Gasteiger partial charge in [0.05, 0.1) is 18.4 Å². The average Bonchev–Trinajstić information content (AvgIpc) is 2.66. The van der Waals surface area contributed by atoms with E-state index < -0.39 is 0 Å². The van der Waals surface area contributed by atoms with Crippen molar-refractivity contribution in [3.8, 4) is 0 Å². The molecule has 2 rings (SSSR count). The molecular weight excluding hydrogens is 200 g/mol. The number of aryl methyl sites for hydroxylation is 1. The average molecular weight is 216 g/mol. The van der Waals surface area contributed by atoms with Crippen LogP contribution < -0.4 is 5.73 Å². The Labute approximate surface area is 95.1 Å². The van der Waals surface area contributed by atoms with Crippen LogP contribution >= 0.6 is 0 Å². The minimum absolute atomic E-state index is 0.0636. The molecular formula is C12H16N4. The molecule has 0 aliphatic rings. The zero-order valence-corrected chi connectivity index (χ0v) is 9.59. The Kier molecular flexibility index (Phi) is 3.01. The van der Waals surface area contributed by atoms with Crippen LogP contribution in [0.3, 0.4) is 0 Å². The minimum Gasteiger partial charge on any atom is -0.323 e. The fourth-order valence-corrected chi connectivity index (χ4v) is 1.60. The van der Waals surface area contributed by atoms with Crippen LogP contribution in [0.4, 0.5) is 0 Å². The predicted molar refractivity (Wildman–Crippen MR) is 62.9 cm³/mol. The fourth-order valence-electron chi connectivity index (χ4n) is 1.60. The van der Waals surface area contributed by atoms with Crippen molar-refractivity contribution in [1.82, 2.24) is 15.0 Å². The maximum atomic E-state index is 5.73. The molecule has 2 N–H and O–H groups in total. The molecule has 1 aromatic carbocycles. The third-order valence-electron chi connectivity index (χ3n) is 2.45. The maximum absolute atomic E-state index is 5.73. The summed E-state index contributed by atoms with van der Waals surface area (Å²) in [5.74, 6) is 0. The van der Waals surface area contributed by atoms with Crippen molar-refractivity contribution in [3.63, 3.8) is 0 Å². The van der Waals surface area contributed by atoms with Crippen LogP contribution in [-0.4, -0.2) is 15.0 Å². The molecule has 0 fully saturated rings. The van der Waals surface area contributed by atoms with Crippen molar-refractivity contribution in [2.24, 2.45) is 5.73 Å². The zero-order valence-electron chi connectivity index (χ0n) is 9.59. The number of benzene rings is 1. The minimum atomic E-state index is -0.0636. The Bertz CT molecular complexity index is 473. The number of aromatic nitrogens is 3. The van der Waals surface area contributed by atoms with Crippen molar-refractivity contribution in [2.75, 3.05) is 0 Å². The van der Waals surface area contributed by atoms with Gasteiger partial charge >= 0.3 is 0 Å². The van der Waals surface area contributed by atoms with E-state index in [-0.39, 0.29) is 6.04 Å². The van der Waals surface area contributed by atoms with E-state index in [2.05, 4.69) is 35.4 Å². The summed E-state index contributed by atoms with van der Waals surface area (Å²) in [5.41, 5.74) is 9.03. The molecule has 0 amide bonds. The molecule has 0 saturated heterocycles. The van der Waals surface area contributed by atoms with Gasteiger partial charge in [-0.3, -0.25) is 0 Å². The number of rotatable bonds is 3. The number of hydrogen-bond acceptors (Lipinski definition) is 3. The summed E-state index contributed by atoms with van der Waals surface area (Å²) in [6.45, 7) is 4.72. The highest BCUT2D eigenvalue weighted by molar-refractivity contribution is 5.22. The first kappa shape index (κ1) is 10.8. The molecule has 0 bridgehead atoms. The molecule has 1 unspecified atom stereocenters. The maximum Gasteiger partial charge on any atom is 0.0991 e. The van der Waals surface area contributed by atoms with Crippen LogP contribution in [-0.2, 0) is 6.54 Å². The molecule has 1 atom stereocenters. The van der Waals surface area contributed by atoms with Crippen molar-refractivity contribution in [3.05, 3.63) is 47.3 Å². The first-order valence-corrected chi connectivity index (χ1v) is 5.36. The van der Waals surface area contributed by atoms with Gasteiger partial charge in [0, 0.05) is 6.04 Å². The second-order valence-electron chi connectivity index (χ2n) is 4.12. The summed E-state index contributed by atoms with van der Waals surface area (Å²) in [6, 6.07) is 8.30. The normalized spacial score (nSPS) is 12.7. The van der Waals surface area contributed by atoms with E-state index in [1.165, 1.54) is 11.1 Å². The van der Waals surface area contributed by atoms with Crippen molar-refractivity contribution in [1.29, 1.82) is 0 Å². The van der Waals surface area contributed by atoms with Crippen molar-refractivity contribution < 1.29 is 0 Å². The standard InChI is InChI=1S/C12H16N4/c1-9-4-3-5-11(6-9)7-16-8-12(10(2)13)14-15-16/h3-6,8,10H,7,13H2,1-2H3. The Morgan fingerprint density at radius 1 is 1.44 bits per heavy atom. The lowest BCUT2D eigenvalue weighted by molar-refractivity contribution is 0.648. The second-order valence-corrected chi connectivity index (χ2v) is 4.12. The van der Waals surface area contributed by atoms with Crippen LogP contribution in [0.1, 0.15) is 29.8 Å². The van der Waals surface area contributed by atoms with Crippen molar-refractivity contribution in [2.45, 2.75) is 26.4 Å². The van der Waals surface area contributed by atoms with Crippen LogP contribution in [0.25, 0.3) is 0 Å². The molecule has 0 radical (unpaired) electrons. The van der Waals surface area contributed by atoms with Crippen LogP contribution in [0.15, 0.2) is 30.5 Å². The summed E-state index contributed by atoms with van der Waals surface area (Å²) in [5, 5.41) is 8.07. The first-order valence-electron chi connectivity index (χ1n) is 5.36.